The first-order chi connectivity index (χ1) is 21.3. The van der Waals surface area contributed by atoms with Crippen molar-refractivity contribution in [3.63, 3.8) is 0 Å². The Bertz CT molecular complexity index is 1230. The van der Waals surface area contributed by atoms with Gasteiger partial charge in [-0.2, -0.15) is 0 Å². The lowest BCUT2D eigenvalue weighted by Gasteiger charge is -2.57. The molecule has 5 rings (SSSR count). The van der Waals surface area contributed by atoms with Crippen molar-refractivity contribution >= 4 is 18.1 Å². The van der Waals surface area contributed by atoms with Crippen molar-refractivity contribution in [3.05, 3.63) is 35.5 Å². The van der Waals surface area contributed by atoms with E-state index in [1.165, 1.54) is 19.8 Å². The fourth-order valence-corrected chi connectivity index (χ4v) is 9.28. The van der Waals surface area contributed by atoms with Crippen LogP contribution in [0.3, 0.4) is 0 Å². The molecular weight excluding hydrogens is 576 g/mol. The van der Waals surface area contributed by atoms with E-state index in [0.717, 1.165) is 50.5 Å². The quantitative estimate of drug-likeness (QED) is 0.200. The van der Waals surface area contributed by atoms with E-state index in [4.69, 9.17) is 28.4 Å². The van der Waals surface area contributed by atoms with E-state index in [1.807, 2.05) is 13.8 Å². The molecule has 0 amide bonds. The van der Waals surface area contributed by atoms with Crippen molar-refractivity contribution < 1.29 is 42.8 Å². The van der Waals surface area contributed by atoms with Gasteiger partial charge in [0.15, 0.2) is 12.1 Å². The number of hydrogen-bond acceptors (Lipinski definition) is 9. The smallest absolute Gasteiger partial charge is 0.438 e. The number of allylic oxidation sites excluding steroid dienone is 4. The predicted molar refractivity (Wildman–Crippen MR) is 167 cm³/mol. The SMILES string of the molecule is COC(=O)O[C@@H]1CC2=CC=C3[C@@H]4CC[C@H]([C@H](C)/C=C\C(=O)C(C)(C)OC5CCCCO5)[C@@]4(C)CC[C@@H]3[C@@]2(C)[C@@H](OC(=O)OC)C1. The average Bonchev–Trinajstić information content (AvgIpc) is 3.37. The summed E-state index contributed by atoms with van der Waals surface area (Å²) in [7, 11) is 2.60. The minimum atomic E-state index is -0.936. The fourth-order valence-electron chi connectivity index (χ4n) is 9.28. The predicted octanol–water partition coefficient (Wildman–Crippen LogP) is 7.48. The molecule has 9 heteroatoms. The van der Waals surface area contributed by atoms with E-state index < -0.39 is 35.5 Å². The second-order valence-electron chi connectivity index (χ2n) is 14.7. The highest BCUT2D eigenvalue weighted by Crippen LogP contribution is 2.66. The number of rotatable bonds is 8. The fraction of sp³-hybridized carbons (Fsp3) is 0.750. The average molecular weight is 629 g/mol. The third kappa shape index (κ3) is 6.49. The molecule has 5 aliphatic rings. The van der Waals surface area contributed by atoms with Gasteiger partial charge in [0.05, 0.1) is 14.2 Å². The normalized spacial score (nSPS) is 36.9. The maximum atomic E-state index is 13.2. The largest absolute Gasteiger partial charge is 0.508 e. The van der Waals surface area contributed by atoms with Crippen LogP contribution in [0.4, 0.5) is 9.59 Å². The number of carbonyl (C=O) groups is 3. The van der Waals surface area contributed by atoms with Crippen LogP contribution in [0, 0.1) is 34.5 Å². The molecule has 9 nitrogen and oxygen atoms in total. The monoisotopic (exact) mass is 628 g/mol. The molecule has 45 heavy (non-hydrogen) atoms. The molecule has 0 aromatic rings. The Balaban J connectivity index is 1.33. The van der Waals surface area contributed by atoms with Crippen LogP contribution in [-0.4, -0.2) is 63.0 Å². The van der Waals surface area contributed by atoms with Crippen LogP contribution in [-0.2, 0) is 33.2 Å². The summed E-state index contributed by atoms with van der Waals surface area (Å²) in [5.41, 5.74) is 1.27. The summed E-state index contributed by atoms with van der Waals surface area (Å²) in [4.78, 5) is 37.6. The molecule has 3 saturated carbocycles. The molecule has 9 atom stereocenters. The Labute approximate surface area is 268 Å². The van der Waals surface area contributed by atoms with E-state index in [2.05, 4.69) is 39.0 Å². The van der Waals surface area contributed by atoms with Crippen molar-refractivity contribution in [2.24, 2.45) is 34.5 Å². The van der Waals surface area contributed by atoms with Crippen molar-refractivity contribution in [1.82, 2.24) is 0 Å². The standard InChI is InChI=1S/C36H52O9/c1-22(11-16-29(37)34(2,3)45-31-10-8-9-19-42-31)26-14-15-27-25-13-12-23-20-24(43-32(38)40-6)21-30(44-33(39)41-7)36(23,5)28(25)17-18-35(26,27)4/h11-13,16,22,24,26-28,30-31H,8-10,14-15,17-21H2,1-7H3/b16-11-/t22-,24-,26-,27+,28+,30+,31?,35-,36+/m1/s1. The van der Waals surface area contributed by atoms with Gasteiger partial charge in [-0.25, -0.2) is 9.59 Å². The lowest BCUT2D eigenvalue weighted by molar-refractivity contribution is -0.212. The maximum Gasteiger partial charge on any atom is 0.508 e. The topological polar surface area (TPSA) is 107 Å². The van der Waals surface area contributed by atoms with Gasteiger partial charge in [-0.1, -0.05) is 50.1 Å². The molecule has 0 radical (unpaired) electrons. The highest BCUT2D eigenvalue weighted by atomic mass is 16.7. The molecule has 1 heterocycles. The zero-order valence-corrected chi connectivity index (χ0v) is 28.1. The minimum Gasteiger partial charge on any atom is -0.438 e. The highest BCUT2D eigenvalue weighted by Gasteiger charge is 2.60. The molecule has 4 aliphatic carbocycles. The van der Waals surface area contributed by atoms with Gasteiger partial charge in [0.2, 0.25) is 0 Å². The van der Waals surface area contributed by atoms with Gasteiger partial charge in [-0.15, -0.1) is 0 Å². The molecule has 0 bridgehead atoms. The molecule has 1 aliphatic heterocycles. The lowest BCUT2D eigenvalue weighted by Crippen LogP contribution is -2.54. The van der Waals surface area contributed by atoms with Crippen LogP contribution in [0.15, 0.2) is 35.5 Å². The van der Waals surface area contributed by atoms with Gasteiger partial charge < -0.3 is 28.4 Å². The zero-order chi connectivity index (χ0) is 32.6. The molecule has 0 spiro atoms. The Hall–Kier alpha value is -2.65. The molecule has 0 aromatic carbocycles. The van der Waals surface area contributed by atoms with Crippen molar-refractivity contribution in [1.29, 1.82) is 0 Å². The van der Waals surface area contributed by atoms with E-state index >= 15 is 0 Å². The van der Waals surface area contributed by atoms with Crippen molar-refractivity contribution in [2.75, 3.05) is 20.8 Å². The second kappa shape index (κ2) is 13.2. The Kier molecular flexibility index (Phi) is 9.91. The number of hydrogen-bond donors (Lipinski definition) is 0. The molecule has 250 valence electrons. The number of carbonyl (C=O) groups excluding carboxylic acids is 3. The van der Waals surface area contributed by atoms with Gasteiger partial charge in [0, 0.05) is 24.9 Å². The second-order valence-corrected chi connectivity index (χ2v) is 14.7. The third-order valence-electron chi connectivity index (χ3n) is 11.8. The molecule has 4 fully saturated rings. The van der Waals surface area contributed by atoms with Crippen LogP contribution in [0.25, 0.3) is 0 Å². The maximum absolute atomic E-state index is 13.2. The summed E-state index contributed by atoms with van der Waals surface area (Å²) in [6, 6.07) is 0. The Morgan fingerprint density at radius 2 is 1.71 bits per heavy atom. The Morgan fingerprint density at radius 1 is 0.978 bits per heavy atom. The first kappa shape index (κ1) is 33.7. The van der Waals surface area contributed by atoms with Gasteiger partial charge in [-0.05, 0) is 94.0 Å². The lowest BCUT2D eigenvalue weighted by atomic mass is 9.49. The number of ether oxygens (including phenoxy) is 6. The molecule has 1 unspecified atom stereocenters. The third-order valence-corrected chi connectivity index (χ3v) is 11.8. The van der Waals surface area contributed by atoms with Crippen LogP contribution < -0.4 is 0 Å². The number of ketones is 1. The van der Waals surface area contributed by atoms with Crippen LogP contribution >= 0.6 is 0 Å². The summed E-state index contributed by atoms with van der Waals surface area (Å²) in [6.45, 7) is 11.2. The van der Waals surface area contributed by atoms with Gasteiger partial charge in [-0.3, -0.25) is 4.79 Å². The van der Waals surface area contributed by atoms with Crippen molar-refractivity contribution in [2.45, 2.75) is 117 Å². The summed E-state index contributed by atoms with van der Waals surface area (Å²) in [5.74, 6) is 1.23. The van der Waals surface area contributed by atoms with Crippen LogP contribution in [0.5, 0.6) is 0 Å². The first-order valence-electron chi connectivity index (χ1n) is 16.8. The summed E-state index contributed by atoms with van der Waals surface area (Å²) in [6.07, 6.45) is 13.6. The Morgan fingerprint density at radius 3 is 2.40 bits per heavy atom. The molecule has 0 N–H and O–H groups in total. The van der Waals surface area contributed by atoms with Crippen LogP contribution in [0.1, 0.15) is 92.4 Å². The van der Waals surface area contributed by atoms with Crippen molar-refractivity contribution in [3.8, 4) is 0 Å². The highest BCUT2D eigenvalue weighted by molar-refractivity contribution is 5.96. The zero-order valence-electron chi connectivity index (χ0n) is 28.1. The van der Waals surface area contributed by atoms with E-state index in [9.17, 15) is 14.4 Å². The minimum absolute atomic E-state index is 0.0315. The number of fused-ring (bicyclic) bond motifs is 5. The molecule has 1 saturated heterocycles. The van der Waals surface area contributed by atoms with E-state index in [0.29, 0.717) is 31.3 Å². The van der Waals surface area contributed by atoms with E-state index in [1.54, 1.807) is 6.08 Å². The summed E-state index contributed by atoms with van der Waals surface area (Å²) >= 11 is 0. The van der Waals surface area contributed by atoms with Gasteiger partial charge in [0.25, 0.3) is 0 Å². The summed E-state index contributed by atoms with van der Waals surface area (Å²) in [5, 5.41) is 0. The van der Waals surface area contributed by atoms with Crippen LogP contribution in [0.2, 0.25) is 0 Å². The first-order valence-corrected chi connectivity index (χ1v) is 16.8. The number of methoxy groups -OCH3 is 2. The molecule has 0 aromatic heterocycles. The molecular formula is C36H52O9. The van der Waals surface area contributed by atoms with Gasteiger partial charge in [0.1, 0.15) is 17.8 Å². The van der Waals surface area contributed by atoms with Gasteiger partial charge >= 0.3 is 12.3 Å². The van der Waals surface area contributed by atoms with E-state index in [-0.39, 0.29) is 29.3 Å². The summed E-state index contributed by atoms with van der Waals surface area (Å²) < 4.78 is 32.9.